The van der Waals surface area contributed by atoms with Crippen LogP contribution in [0.3, 0.4) is 0 Å². The van der Waals surface area contributed by atoms with Crippen LogP contribution in [0.25, 0.3) is 0 Å². The number of fused-ring (bicyclic) bond motifs is 1. The third kappa shape index (κ3) is 2.61. The van der Waals surface area contributed by atoms with E-state index < -0.39 is 0 Å². The van der Waals surface area contributed by atoms with E-state index in [-0.39, 0.29) is 24.5 Å². The topological polar surface area (TPSA) is 67.7 Å². The van der Waals surface area contributed by atoms with Gasteiger partial charge in [0.05, 0.1) is 23.9 Å². The number of piperidine rings is 1. The van der Waals surface area contributed by atoms with Crippen LogP contribution >= 0.6 is 0 Å². The number of aryl methyl sites for hydroxylation is 2. The van der Waals surface area contributed by atoms with Gasteiger partial charge in [-0.2, -0.15) is 5.10 Å². The van der Waals surface area contributed by atoms with Crippen LogP contribution in [-0.2, 0) is 16.6 Å². The second-order valence-electron chi connectivity index (χ2n) is 6.19. The summed E-state index contributed by atoms with van der Waals surface area (Å²) in [5, 5.41) is 4.24. The summed E-state index contributed by atoms with van der Waals surface area (Å²) in [6, 6.07) is 0.0321. The summed E-state index contributed by atoms with van der Waals surface area (Å²) in [7, 11) is 3.61. The van der Waals surface area contributed by atoms with Gasteiger partial charge in [0.25, 0.3) is 5.91 Å². The third-order valence-corrected chi connectivity index (χ3v) is 4.70. The lowest BCUT2D eigenvalue weighted by Crippen LogP contribution is -2.54. The molecule has 0 radical (unpaired) electrons. The van der Waals surface area contributed by atoms with Crippen molar-refractivity contribution in [2.75, 3.05) is 33.4 Å². The number of rotatable bonds is 1. The molecule has 0 aromatic carbocycles. The highest BCUT2D eigenvalue weighted by Crippen LogP contribution is 2.26. The maximum absolute atomic E-state index is 12.7. The van der Waals surface area contributed by atoms with Gasteiger partial charge in [-0.15, -0.1) is 0 Å². The second kappa shape index (κ2) is 5.72. The number of amides is 2. The zero-order valence-corrected chi connectivity index (χ0v) is 13.3. The number of hydrogen-bond acceptors (Lipinski definition) is 4. The van der Waals surface area contributed by atoms with Gasteiger partial charge in [0.1, 0.15) is 6.61 Å². The van der Waals surface area contributed by atoms with E-state index in [0.717, 1.165) is 12.1 Å². The summed E-state index contributed by atoms with van der Waals surface area (Å²) in [4.78, 5) is 28.3. The zero-order valence-electron chi connectivity index (χ0n) is 13.3. The SMILES string of the molecule is Cc1nn(C)cc1C(=O)N1CC[C@H]2COCC(=O)N(C)[C@H]2C1. The van der Waals surface area contributed by atoms with Gasteiger partial charge >= 0.3 is 0 Å². The van der Waals surface area contributed by atoms with Crippen molar-refractivity contribution in [2.24, 2.45) is 13.0 Å². The van der Waals surface area contributed by atoms with Crippen molar-refractivity contribution in [3.8, 4) is 0 Å². The molecule has 0 bridgehead atoms. The maximum atomic E-state index is 12.7. The fourth-order valence-corrected chi connectivity index (χ4v) is 3.36. The molecule has 7 nitrogen and oxygen atoms in total. The van der Waals surface area contributed by atoms with Crippen molar-refractivity contribution in [3.05, 3.63) is 17.5 Å². The Bertz CT molecular complexity index is 598. The van der Waals surface area contributed by atoms with E-state index in [1.54, 1.807) is 22.8 Å². The number of ether oxygens (including phenoxy) is 1. The zero-order chi connectivity index (χ0) is 15.9. The van der Waals surface area contributed by atoms with Crippen molar-refractivity contribution in [3.63, 3.8) is 0 Å². The van der Waals surface area contributed by atoms with Crippen molar-refractivity contribution in [1.82, 2.24) is 19.6 Å². The average molecular weight is 306 g/mol. The van der Waals surface area contributed by atoms with E-state index in [1.807, 2.05) is 18.9 Å². The summed E-state index contributed by atoms with van der Waals surface area (Å²) < 4.78 is 7.10. The summed E-state index contributed by atoms with van der Waals surface area (Å²) in [6.45, 7) is 3.83. The molecule has 0 saturated carbocycles. The molecule has 7 heteroatoms. The molecular formula is C15H22N4O3. The van der Waals surface area contributed by atoms with Crippen molar-refractivity contribution >= 4 is 11.8 Å². The van der Waals surface area contributed by atoms with E-state index in [4.69, 9.17) is 4.74 Å². The minimum absolute atomic E-state index is 0.00457. The summed E-state index contributed by atoms with van der Waals surface area (Å²) in [6.07, 6.45) is 2.61. The van der Waals surface area contributed by atoms with Gasteiger partial charge in [0.2, 0.25) is 5.91 Å². The Balaban J connectivity index is 1.78. The Morgan fingerprint density at radius 3 is 2.86 bits per heavy atom. The molecule has 2 aliphatic heterocycles. The normalized spacial score (nSPS) is 25.9. The number of carbonyl (C=O) groups excluding carboxylic acids is 2. The first-order chi connectivity index (χ1) is 10.5. The average Bonchev–Trinajstić information content (AvgIpc) is 2.77. The van der Waals surface area contributed by atoms with Crippen molar-refractivity contribution in [2.45, 2.75) is 19.4 Å². The van der Waals surface area contributed by atoms with Gasteiger partial charge in [-0.1, -0.05) is 0 Å². The van der Waals surface area contributed by atoms with Crippen LogP contribution in [0.1, 0.15) is 22.5 Å². The molecule has 22 heavy (non-hydrogen) atoms. The quantitative estimate of drug-likeness (QED) is 0.735. The molecular weight excluding hydrogens is 284 g/mol. The molecule has 0 spiro atoms. The summed E-state index contributed by atoms with van der Waals surface area (Å²) in [5.74, 6) is 0.282. The lowest BCUT2D eigenvalue weighted by atomic mass is 9.91. The minimum Gasteiger partial charge on any atom is -0.371 e. The van der Waals surface area contributed by atoms with Crippen LogP contribution in [0.2, 0.25) is 0 Å². The molecule has 2 atom stereocenters. The molecule has 120 valence electrons. The summed E-state index contributed by atoms with van der Waals surface area (Å²) >= 11 is 0. The number of likely N-dealkylation sites (N-methyl/N-ethyl adjacent to an activating group) is 1. The predicted molar refractivity (Wildman–Crippen MR) is 79.3 cm³/mol. The van der Waals surface area contributed by atoms with E-state index in [1.165, 1.54) is 0 Å². The number of carbonyl (C=O) groups is 2. The molecule has 3 heterocycles. The van der Waals surface area contributed by atoms with Crippen LogP contribution < -0.4 is 0 Å². The van der Waals surface area contributed by atoms with Crippen LogP contribution in [-0.4, -0.2) is 70.8 Å². The Morgan fingerprint density at radius 1 is 1.41 bits per heavy atom. The fourth-order valence-electron chi connectivity index (χ4n) is 3.36. The Labute approximate surface area is 129 Å². The predicted octanol–water partition coefficient (Wildman–Crippen LogP) is 0.0478. The molecule has 1 aromatic heterocycles. The smallest absolute Gasteiger partial charge is 0.257 e. The van der Waals surface area contributed by atoms with Crippen LogP contribution in [0, 0.1) is 12.8 Å². The van der Waals surface area contributed by atoms with Gasteiger partial charge in [-0.3, -0.25) is 14.3 Å². The lowest BCUT2D eigenvalue weighted by Gasteiger charge is -2.41. The Hall–Kier alpha value is -1.89. The third-order valence-electron chi connectivity index (χ3n) is 4.70. The largest absolute Gasteiger partial charge is 0.371 e. The molecule has 0 unspecified atom stereocenters. The fraction of sp³-hybridized carbons (Fsp3) is 0.667. The lowest BCUT2D eigenvalue weighted by molar-refractivity contribution is -0.134. The van der Waals surface area contributed by atoms with E-state index in [0.29, 0.717) is 31.2 Å². The molecule has 2 saturated heterocycles. The van der Waals surface area contributed by atoms with Gasteiger partial charge in [0, 0.05) is 39.3 Å². The van der Waals surface area contributed by atoms with Gasteiger partial charge in [-0.25, -0.2) is 0 Å². The van der Waals surface area contributed by atoms with E-state index in [9.17, 15) is 9.59 Å². The highest BCUT2D eigenvalue weighted by atomic mass is 16.5. The monoisotopic (exact) mass is 306 g/mol. The van der Waals surface area contributed by atoms with Crippen molar-refractivity contribution < 1.29 is 14.3 Å². The van der Waals surface area contributed by atoms with Gasteiger partial charge < -0.3 is 14.5 Å². The van der Waals surface area contributed by atoms with Crippen molar-refractivity contribution in [1.29, 1.82) is 0 Å². The number of likely N-dealkylation sites (tertiary alicyclic amines) is 1. The second-order valence-corrected chi connectivity index (χ2v) is 6.19. The highest BCUT2D eigenvalue weighted by Gasteiger charge is 2.38. The molecule has 1 aromatic rings. The molecule has 3 rings (SSSR count). The number of aromatic nitrogens is 2. The molecule has 2 amide bonds. The molecule has 0 aliphatic carbocycles. The molecule has 0 N–H and O–H groups in total. The summed E-state index contributed by atoms with van der Waals surface area (Å²) in [5.41, 5.74) is 1.38. The van der Waals surface area contributed by atoms with E-state index >= 15 is 0 Å². The highest BCUT2D eigenvalue weighted by molar-refractivity contribution is 5.95. The molecule has 2 fully saturated rings. The first-order valence-electron chi connectivity index (χ1n) is 7.60. The maximum Gasteiger partial charge on any atom is 0.257 e. The van der Waals surface area contributed by atoms with Crippen LogP contribution in [0.15, 0.2) is 6.20 Å². The Morgan fingerprint density at radius 2 is 2.18 bits per heavy atom. The number of hydrogen-bond donors (Lipinski definition) is 0. The standard InChI is InChI=1S/C15H22N4O3/c1-10-12(6-17(2)16-10)15(21)19-5-4-11-8-22-9-14(20)18(3)13(11)7-19/h6,11,13H,4-5,7-9H2,1-3H3/t11-,13-/m0/s1. The molecule has 2 aliphatic rings. The van der Waals surface area contributed by atoms with Gasteiger partial charge in [-0.05, 0) is 13.3 Å². The first-order valence-corrected chi connectivity index (χ1v) is 7.60. The number of nitrogens with zero attached hydrogens (tertiary/aromatic N) is 4. The first kappa shape index (κ1) is 15.0. The van der Waals surface area contributed by atoms with E-state index in [2.05, 4.69) is 5.10 Å². The van der Waals surface area contributed by atoms with Crippen LogP contribution in [0.5, 0.6) is 0 Å². The van der Waals surface area contributed by atoms with Gasteiger partial charge in [0.15, 0.2) is 0 Å². The minimum atomic E-state index is -0.0145. The van der Waals surface area contributed by atoms with Crippen LogP contribution in [0.4, 0.5) is 0 Å². The Kier molecular flexibility index (Phi) is 3.90.